The molecule has 0 bridgehead atoms. The van der Waals surface area contributed by atoms with Crippen LogP contribution in [0.25, 0.3) is 0 Å². The average Bonchev–Trinajstić information content (AvgIpc) is 3.04. The van der Waals surface area contributed by atoms with Gasteiger partial charge in [-0.15, -0.1) is 0 Å². The minimum absolute atomic E-state index is 0.138. The number of amides is 1. The summed E-state index contributed by atoms with van der Waals surface area (Å²) in [5.74, 6) is 0.0427. The molecular formula is C15H19N5O3S. The molecule has 1 aliphatic rings. The van der Waals surface area contributed by atoms with Crippen LogP contribution in [0.3, 0.4) is 0 Å². The molecule has 2 aromatic heterocycles. The first-order chi connectivity index (χ1) is 11.4. The second kappa shape index (κ2) is 6.68. The molecule has 9 heteroatoms. The van der Waals surface area contributed by atoms with E-state index in [-0.39, 0.29) is 16.7 Å². The summed E-state index contributed by atoms with van der Waals surface area (Å²) in [6, 6.07) is 0. The number of hydrogen-bond acceptors (Lipinski definition) is 6. The molecule has 1 unspecified atom stereocenters. The Kier molecular flexibility index (Phi) is 4.61. The highest BCUT2D eigenvalue weighted by atomic mass is 32.2. The van der Waals surface area contributed by atoms with Crippen molar-refractivity contribution in [3.05, 3.63) is 36.2 Å². The van der Waals surface area contributed by atoms with E-state index in [0.717, 1.165) is 12.8 Å². The van der Waals surface area contributed by atoms with Gasteiger partial charge in [0.15, 0.2) is 9.84 Å². The van der Waals surface area contributed by atoms with Crippen molar-refractivity contribution >= 4 is 15.7 Å². The lowest BCUT2D eigenvalue weighted by Crippen LogP contribution is -2.41. The number of aromatic amines is 1. The normalized spacial score (nSPS) is 18.5. The largest absolute Gasteiger partial charge is 0.337 e. The molecule has 3 rings (SSSR count). The van der Waals surface area contributed by atoms with E-state index in [1.807, 2.05) is 0 Å². The monoisotopic (exact) mass is 349 g/mol. The Balaban J connectivity index is 1.71. The third kappa shape index (κ3) is 3.61. The number of aromatic nitrogens is 4. The summed E-state index contributed by atoms with van der Waals surface area (Å²) in [7, 11) is -3.31. The SMILES string of the molecule is CS(=O)(=O)c1cn[nH]c1CC1CCCN(C(=O)c2cnccn2)C1. The highest BCUT2D eigenvalue weighted by Gasteiger charge is 2.27. The zero-order valence-corrected chi connectivity index (χ0v) is 14.2. The van der Waals surface area contributed by atoms with Gasteiger partial charge in [-0.1, -0.05) is 0 Å². The summed E-state index contributed by atoms with van der Waals surface area (Å²) < 4.78 is 23.5. The summed E-state index contributed by atoms with van der Waals surface area (Å²) in [6.07, 6.45) is 9.36. The van der Waals surface area contributed by atoms with Crippen molar-refractivity contribution in [2.75, 3.05) is 19.3 Å². The average molecular weight is 349 g/mol. The van der Waals surface area contributed by atoms with Crippen LogP contribution >= 0.6 is 0 Å². The van der Waals surface area contributed by atoms with Gasteiger partial charge in [0.1, 0.15) is 10.6 Å². The molecule has 0 aliphatic carbocycles. The fraction of sp³-hybridized carbons (Fsp3) is 0.467. The minimum Gasteiger partial charge on any atom is -0.337 e. The molecule has 1 fully saturated rings. The lowest BCUT2D eigenvalue weighted by Gasteiger charge is -2.32. The molecule has 2 aromatic rings. The lowest BCUT2D eigenvalue weighted by molar-refractivity contribution is 0.0666. The fourth-order valence-corrected chi connectivity index (χ4v) is 3.86. The van der Waals surface area contributed by atoms with Gasteiger partial charge in [0.05, 0.1) is 18.1 Å². The molecular weight excluding hydrogens is 330 g/mol. The molecule has 0 saturated carbocycles. The summed E-state index contributed by atoms with van der Waals surface area (Å²) in [5, 5.41) is 6.63. The summed E-state index contributed by atoms with van der Waals surface area (Å²) in [5.41, 5.74) is 0.938. The van der Waals surface area contributed by atoms with Crippen LogP contribution in [0.15, 0.2) is 29.7 Å². The number of carbonyl (C=O) groups is 1. The number of rotatable bonds is 4. The van der Waals surface area contributed by atoms with Crippen molar-refractivity contribution in [3.63, 3.8) is 0 Å². The second-order valence-electron chi connectivity index (χ2n) is 6.04. The Morgan fingerprint density at radius 1 is 1.38 bits per heavy atom. The molecule has 0 aromatic carbocycles. The van der Waals surface area contributed by atoms with Gasteiger partial charge in [0, 0.05) is 31.7 Å². The lowest BCUT2D eigenvalue weighted by atomic mass is 9.93. The van der Waals surface area contributed by atoms with Crippen LogP contribution in [-0.2, 0) is 16.3 Å². The van der Waals surface area contributed by atoms with Crippen LogP contribution in [0.2, 0.25) is 0 Å². The van der Waals surface area contributed by atoms with Crippen molar-refractivity contribution in [1.29, 1.82) is 0 Å². The first-order valence-corrected chi connectivity index (χ1v) is 9.62. The van der Waals surface area contributed by atoms with Crippen LogP contribution in [0, 0.1) is 5.92 Å². The minimum atomic E-state index is -3.31. The third-order valence-corrected chi connectivity index (χ3v) is 5.31. The van der Waals surface area contributed by atoms with Gasteiger partial charge in [-0.25, -0.2) is 13.4 Å². The highest BCUT2D eigenvalue weighted by Crippen LogP contribution is 2.24. The van der Waals surface area contributed by atoms with Crippen molar-refractivity contribution in [3.8, 4) is 0 Å². The molecule has 1 atom stereocenters. The standard InChI is InChI=1S/C15H19N5O3S/c1-24(22,23)14-9-18-19-12(14)7-11-3-2-6-20(10-11)15(21)13-8-16-4-5-17-13/h4-5,8-9,11H,2-3,6-7,10H2,1H3,(H,18,19). The van der Waals surface area contributed by atoms with Crippen molar-refractivity contribution < 1.29 is 13.2 Å². The van der Waals surface area contributed by atoms with E-state index in [2.05, 4.69) is 20.2 Å². The number of nitrogens with zero attached hydrogens (tertiary/aromatic N) is 4. The zero-order valence-electron chi connectivity index (χ0n) is 13.3. The zero-order chi connectivity index (χ0) is 17.2. The Morgan fingerprint density at radius 2 is 2.21 bits per heavy atom. The molecule has 1 saturated heterocycles. The maximum Gasteiger partial charge on any atom is 0.274 e. The van der Waals surface area contributed by atoms with Crippen molar-refractivity contribution in [2.45, 2.75) is 24.2 Å². The second-order valence-corrected chi connectivity index (χ2v) is 8.02. The smallest absolute Gasteiger partial charge is 0.274 e. The summed E-state index contributed by atoms with van der Waals surface area (Å²) in [4.78, 5) is 22.5. The molecule has 8 nitrogen and oxygen atoms in total. The molecule has 0 radical (unpaired) electrons. The molecule has 1 aliphatic heterocycles. The Labute approximate surface area is 140 Å². The molecule has 1 N–H and O–H groups in total. The van der Waals surface area contributed by atoms with Gasteiger partial charge in [0.2, 0.25) is 0 Å². The van der Waals surface area contributed by atoms with E-state index < -0.39 is 9.84 Å². The predicted molar refractivity (Wildman–Crippen MR) is 86.1 cm³/mol. The van der Waals surface area contributed by atoms with Crippen molar-refractivity contribution in [1.82, 2.24) is 25.1 Å². The molecule has 128 valence electrons. The van der Waals surface area contributed by atoms with Gasteiger partial charge < -0.3 is 4.90 Å². The van der Waals surface area contributed by atoms with E-state index in [4.69, 9.17) is 0 Å². The van der Waals surface area contributed by atoms with Crippen molar-refractivity contribution in [2.24, 2.45) is 5.92 Å². The number of likely N-dealkylation sites (tertiary alicyclic amines) is 1. The van der Waals surface area contributed by atoms with Crippen LogP contribution < -0.4 is 0 Å². The van der Waals surface area contributed by atoms with E-state index >= 15 is 0 Å². The fourth-order valence-electron chi connectivity index (χ4n) is 3.04. The van der Waals surface area contributed by atoms with Crippen LogP contribution in [-0.4, -0.2) is 58.7 Å². The topological polar surface area (TPSA) is 109 Å². The van der Waals surface area contributed by atoms with E-state index in [0.29, 0.717) is 30.9 Å². The first-order valence-electron chi connectivity index (χ1n) is 7.72. The van der Waals surface area contributed by atoms with Crippen LogP contribution in [0.5, 0.6) is 0 Å². The maximum atomic E-state index is 12.5. The van der Waals surface area contributed by atoms with Gasteiger partial charge in [-0.2, -0.15) is 5.10 Å². The van der Waals surface area contributed by atoms with E-state index in [9.17, 15) is 13.2 Å². The number of hydrogen-bond donors (Lipinski definition) is 1. The van der Waals surface area contributed by atoms with Gasteiger partial charge in [-0.3, -0.25) is 14.9 Å². The Bertz CT molecular complexity index is 819. The number of nitrogens with one attached hydrogen (secondary N) is 1. The quantitative estimate of drug-likeness (QED) is 0.870. The maximum absolute atomic E-state index is 12.5. The highest BCUT2D eigenvalue weighted by molar-refractivity contribution is 7.90. The first kappa shape index (κ1) is 16.6. The van der Waals surface area contributed by atoms with Gasteiger partial charge >= 0.3 is 0 Å². The molecule has 1 amide bonds. The summed E-state index contributed by atoms with van der Waals surface area (Å²) >= 11 is 0. The van der Waals surface area contributed by atoms with E-state index in [1.54, 1.807) is 4.90 Å². The number of carbonyl (C=O) groups excluding carboxylic acids is 1. The summed E-state index contributed by atoms with van der Waals surface area (Å²) in [6.45, 7) is 1.24. The van der Waals surface area contributed by atoms with Crippen LogP contribution in [0.1, 0.15) is 29.0 Å². The van der Waals surface area contributed by atoms with Crippen LogP contribution in [0.4, 0.5) is 0 Å². The predicted octanol–water partition coefficient (Wildman–Crippen LogP) is 0.698. The molecule has 0 spiro atoms. The molecule has 3 heterocycles. The van der Waals surface area contributed by atoms with E-state index in [1.165, 1.54) is 31.0 Å². The Hall–Kier alpha value is -2.29. The van der Waals surface area contributed by atoms with Gasteiger partial charge in [-0.05, 0) is 25.2 Å². The number of H-pyrrole nitrogens is 1. The molecule has 24 heavy (non-hydrogen) atoms. The van der Waals surface area contributed by atoms with Gasteiger partial charge in [0.25, 0.3) is 5.91 Å². The third-order valence-electron chi connectivity index (χ3n) is 4.16. The Morgan fingerprint density at radius 3 is 2.92 bits per heavy atom. The number of piperidine rings is 1. The number of sulfone groups is 1.